The van der Waals surface area contributed by atoms with Crippen molar-refractivity contribution in [1.29, 1.82) is 0 Å². The fraction of sp³-hybridized carbons (Fsp3) is 0.370. The van der Waals surface area contributed by atoms with E-state index < -0.39 is 12.1 Å². The van der Waals surface area contributed by atoms with Gasteiger partial charge in [0.2, 0.25) is 5.91 Å². The second-order valence-electron chi connectivity index (χ2n) is 9.17. The summed E-state index contributed by atoms with van der Waals surface area (Å²) in [6.45, 7) is 6.54. The first-order valence-electron chi connectivity index (χ1n) is 11.7. The van der Waals surface area contributed by atoms with Gasteiger partial charge in [0, 0.05) is 6.54 Å². The highest BCUT2D eigenvalue weighted by molar-refractivity contribution is 5.86. The monoisotopic (exact) mass is 460 g/mol. The lowest BCUT2D eigenvalue weighted by Crippen LogP contribution is -2.51. The molecule has 1 aliphatic heterocycles. The summed E-state index contributed by atoms with van der Waals surface area (Å²) in [4.78, 5) is 34.9. The first-order chi connectivity index (χ1) is 16.4. The van der Waals surface area contributed by atoms with Gasteiger partial charge in [0.15, 0.2) is 0 Å². The summed E-state index contributed by atoms with van der Waals surface area (Å²) in [5.74, 6) is 0.597. The number of aryl methyl sites for hydroxylation is 1. The summed E-state index contributed by atoms with van der Waals surface area (Å²) >= 11 is 0. The molecule has 7 nitrogen and oxygen atoms in total. The van der Waals surface area contributed by atoms with Gasteiger partial charge in [-0.3, -0.25) is 4.79 Å². The highest BCUT2D eigenvalue weighted by atomic mass is 16.5. The van der Waals surface area contributed by atoms with E-state index in [2.05, 4.69) is 70.7 Å². The van der Waals surface area contributed by atoms with Crippen molar-refractivity contribution in [2.24, 2.45) is 5.92 Å². The summed E-state index contributed by atoms with van der Waals surface area (Å²) in [6, 6.07) is 16.1. The molecule has 1 aromatic heterocycles. The molecule has 0 saturated carbocycles. The van der Waals surface area contributed by atoms with Crippen LogP contribution in [0.2, 0.25) is 0 Å². The van der Waals surface area contributed by atoms with E-state index in [-0.39, 0.29) is 17.9 Å². The number of nitrogens with one attached hydrogen (secondary N) is 2. The molecule has 3 aromatic rings. The molecule has 0 spiro atoms. The normalized spacial score (nSPS) is 16.5. The van der Waals surface area contributed by atoms with E-state index >= 15 is 0 Å². The fourth-order valence-corrected chi connectivity index (χ4v) is 4.43. The largest absolute Gasteiger partial charge is 0.453 e. The average Bonchev–Trinajstić information content (AvgIpc) is 3.52. The molecular weight excluding hydrogens is 428 g/mol. The summed E-state index contributed by atoms with van der Waals surface area (Å²) < 4.78 is 4.71. The van der Waals surface area contributed by atoms with Gasteiger partial charge in [-0.2, -0.15) is 0 Å². The molecule has 34 heavy (non-hydrogen) atoms. The van der Waals surface area contributed by atoms with Crippen LogP contribution in [0, 0.1) is 12.8 Å². The molecule has 0 radical (unpaired) electrons. The Labute approximate surface area is 200 Å². The highest BCUT2D eigenvalue weighted by Gasteiger charge is 2.37. The number of methoxy groups -OCH3 is 1. The zero-order valence-electron chi connectivity index (χ0n) is 20.2. The smallest absolute Gasteiger partial charge is 0.407 e. The lowest BCUT2D eigenvalue weighted by Gasteiger charge is -2.30. The summed E-state index contributed by atoms with van der Waals surface area (Å²) in [6.07, 6.45) is 2.94. The molecule has 2 aromatic carbocycles. The van der Waals surface area contributed by atoms with E-state index in [9.17, 15) is 9.59 Å². The number of carbonyl (C=O) groups is 2. The summed E-state index contributed by atoms with van der Waals surface area (Å²) in [5.41, 5.74) is 5.54. The van der Waals surface area contributed by atoms with Gasteiger partial charge < -0.3 is 19.9 Å². The Morgan fingerprint density at radius 1 is 1.06 bits per heavy atom. The number of aromatic nitrogens is 2. The minimum Gasteiger partial charge on any atom is -0.453 e. The predicted octanol–water partition coefficient (Wildman–Crippen LogP) is 5.10. The first kappa shape index (κ1) is 23.5. The number of alkyl carbamates (subject to hydrolysis) is 1. The Morgan fingerprint density at radius 2 is 1.68 bits per heavy atom. The van der Waals surface area contributed by atoms with Gasteiger partial charge in [0.05, 0.1) is 25.0 Å². The second kappa shape index (κ2) is 10.1. The van der Waals surface area contributed by atoms with Crippen LogP contribution in [-0.4, -0.2) is 46.6 Å². The lowest BCUT2D eigenvalue weighted by atomic mass is 10.0. The Bertz CT molecular complexity index is 1140. The van der Waals surface area contributed by atoms with E-state index in [0.717, 1.165) is 35.5 Å². The van der Waals surface area contributed by atoms with Crippen LogP contribution in [0.15, 0.2) is 54.7 Å². The molecule has 0 bridgehead atoms. The van der Waals surface area contributed by atoms with E-state index in [1.54, 1.807) is 0 Å². The van der Waals surface area contributed by atoms with E-state index in [0.29, 0.717) is 6.54 Å². The Kier molecular flexibility index (Phi) is 7.01. The van der Waals surface area contributed by atoms with Crippen LogP contribution in [0.25, 0.3) is 22.4 Å². The van der Waals surface area contributed by atoms with Crippen LogP contribution < -0.4 is 5.32 Å². The van der Waals surface area contributed by atoms with Crippen LogP contribution in [0.4, 0.5) is 4.79 Å². The van der Waals surface area contributed by atoms with E-state index in [1.807, 2.05) is 24.9 Å². The number of likely N-dealkylation sites (tertiary alicyclic amines) is 1. The molecule has 0 unspecified atom stereocenters. The molecule has 1 fully saturated rings. The topological polar surface area (TPSA) is 87.3 Å². The second-order valence-corrected chi connectivity index (χ2v) is 9.17. The van der Waals surface area contributed by atoms with E-state index in [1.165, 1.54) is 18.2 Å². The maximum absolute atomic E-state index is 13.3. The van der Waals surface area contributed by atoms with Crippen molar-refractivity contribution in [1.82, 2.24) is 20.2 Å². The number of ether oxygens (including phenoxy) is 1. The number of hydrogen-bond acceptors (Lipinski definition) is 4. The van der Waals surface area contributed by atoms with Crippen molar-refractivity contribution in [3.05, 3.63) is 66.1 Å². The summed E-state index contributed by atoms with van der Waals surface area (Å²) in [5, 5.41) is 2.68. The van der Waals surface area contributed by atoms with Gasteiger partial charge in [-0.25, -0.2) is 9.78 Å². The van der Waals surface area contributed by atoms with Crippen molar-refractivity contribution in [3.63, 3.8) is 0 Å². The van der Waals surface area contributed by atoms with Crippen LogP contribution in [0.5, 0.6) is 0 Å². The van der Waals surface area contributed by atoms with Crippen molar-refractivity contribution in [2.45, 2.75) is 45.7 Å². The third kappa shape index (κ3) is 4.98. The molecule has 7 heteroatoms. The van der Waals surface area contributed by atoms with Gasteiger partial charge >= 0.3 is 6.09 Å². The quantitative estimate of drug-likeness (QED) is 0.536. The summed E-state index contributed by atoms with van der Waals surface area (Å²) in [7, 11) is 1.30. The molecule has 0 aliphatic carbocycles. The molecule has 2 atom stereocenters. The van der Waals surface area contributed by atoms with Crippen LogP contribution >= 0.6 is 0 Å². The predicted molar refractivity (Wildman–Crippen MR) is 132 cm³/mol. The maximum Gasteiger partial charge on any atom is 0.407 e. The number of imidazole rings is 1. The zero-order valence-corrected chi connectivity index (χ0v) is 20.2. The van der Waals surface area contributed by atoms with Gasteiger partial charge in [-0.15, -0.1) is 0 Å². The molecule has 4 rings (SSSR count). The van der Waals surface area contributed by atoms with Crippen LogP contribution in [-0.2, 0) is 9.53 Å². The standard InChI is InChI=1S/C27H32N4O3/c1-17(2)24(30-27(33)34-4)26(32)31-15-5-6-23(31)25-28-16-22(29-25)21-13-11-20(12-14-21)19-9-7-18(3)8-10-19/h7-14,16-17,23-24H,5-6,15H2,1-4H3,(H,28,29)(H,30,33)/t23-,24-/m0/s1. The SMILES string of the molecule is COC(=O)N[C@H](C(=O)N1CCC[C@H]1c1ncc(-c2ccc(-c3ccc(C)cc3)cc2)[nH]1)C(C)C. The molecular formula is C27H32N4O3. The van der Waals surface area contributed by atoms with Crippen molar-refractivity contribution in [3.8, 4) is 22.4 Å². The zero-order chi connectivity index (χ0) is 24.2. The third-order valence-corrected chi connectivity index (χ3v) is 6.42. The number of hydrogen-bond donors (Lipinski definition) is 2. The maximum atomic E-state index is 13.3. The minimum absolute atomic E-state index is 0.0629. The fourth-order valence-electron chi connectivity index (χ4n) is 4.43. The average molecular weight is 461 g/mol. The number of aromatic amines is 1. The molecule has 1 aliphatic rings. The van der Waals surface area contributed by atoms with Crippen molar-refractivity contribution in [2.75, 3.05) is 13.7 Å². The third-order valence-electron chi connectivity index (χ3n) is 6.42. The number of rotatable bonds is 6. The first-order valence-corrected chi connectivity index (χ1v) is 11.7. The van der Waals surface area contributed by atoms with Crippen LogP contribution in [0.1, 0.15) is 44.1 Å². The molecule has 2 amide bonds. The molecule has 178 valence electrons. The van der Waals surface area contributed by atoms with E-state index in [4.69, 9.17) is 4.74 Å². The highest BCUT2D eigenvalue weighted by Crippen LogP contribution is 2.33. The lowest BCUT2D eigenvalue weighted by molar-refractivity contribution is -0.135. The number of H-pyrrole nitrogens is 1. The Morgan fingerprint density at radius 3 is 2.29 bits per heavy atom. The van der Waals surface area contributed by atoms with Gasteiger partial charge in [-0.1, -0.05) is 67.9 Å². The molecule has 1 saturated heterocycles. The van der Waals surface area contributed by atoms with Gasteiger partial charge in [0.1, 0.15) is 11.9 Å². The van der Waals surface area contributed by atoms with Crippen molar-refractivity contribution >= 4 is 12.0 Å². The van der Waals surface area contributed by atoms with Gasteiger partial charge in [-0.05, 0) is 42.4 Å². The minimum atomic E-state index is -0.642. The number of carbonyl (C=O) groups excluding carboxylic acids is 2. The Balaban J connectivity index is 1.51. The number of amides is 2. The van der Waals surface area contributed by atoms with Crippen molar-refractivity contribution < 1.29 is 14.3 Å². The molecule has 2 N–H and O–H groups in total. The molecule has 2 heterocycles. The van der Waals surface area contributed by atoms with Gasteiger partial charge in [0.25, 0.3) is 0 Å². The van der Waals surface area contributed by atoms with Crippen LogP contribution in [0.3, 0.4) is 0 Å². The Hall–Kier alpha value is -3.61. The number of nitrogens with zero attached hydrogens (tertiary/aromatic N) is 2. The number of benzene rings is 2.